The molecule has 0 saturated heterocycles. The van der Waals surface area contributed by atoms with Crippen molar-refractivity contribution in [1.82, 2.24) is 5.32 Å². The van der Waals surface area contributed by atoms with Crippen molar-refractivity contribution in [1.29, 1.82) is 0 Å². The molecule has 0 bridgehead atoms. The normalized spacial score (nSPS) is 10.4. The molecular weight excluding hydrogens is 390 g/mol. The number of nitro benzene ring substituents is 1. The largest absolute Gasteiger partial charge is 0.493 e. The summed E-state index contributed by atoms with van der Waals surface area (Å²) in [4.78, 5) is 34.0. The van der Waals surface area contributed by atoms with Crippen molar-refractivity contribution in [2.75, 3.05) is 25.5 Å². The van der Waals surface area contributed by atoms with Gasteiger partial charge in [-0.05, 0) is 62.1 Å². The molecule has 0 aliphatic carbocycles. The molecule has 0 radical (unpaired) electrons. The van der Waals surface area contributed by atoms with Gasteiger partial charge in [0.05, 0.1) is 17.1 Å². The van der Waals surface area contributed by atoms with E-state index in [4.69, 9.17) is 15.2 Å². The highest BCUT2D eigenvalue weighted by Crippen LogP contribution is 2.24. The zero-order chi connectivity index (χ0) is 22.3. The number of esters is 1. The Morgan fingerprint density at radius 2 is 1.90 bits per heavy atom. The third-order valence-corrected chi connectivity index (χ3v) is 4.46. The number of amides is 1. The maximum atomic E-state index is 12.0. The van der Waals surface area contributed by atoms with E-state index in [9.17, 15) is 19.7 Å². The fraction of sp³-hybridized carbons (Fsp3) is 0.333. The third kappa shape index (κ3) is 6.20. The van der Waals surface area contributed by atoms with Gasteiger partial charge in [0.1, 0.15) is 11.4 Å². The molecule has 9 nitrogen and oxygen atoms in total. The molecule has 0 unspecified atom stereocenters. The fourth-order valence-electron chi connectivity index (χ4n) is 2.73. The van der Waals surface area contributed by atoms with Gasteiger partial charge in [0.25, 0.3) is 11.6 Å². The van der Waals surface area contributed by atoms with Crippen LogP contribution in [-0.2, 0) is 9.53 Å². The van der Waals surface area contributed by atoms with Crippen molar-refractivity contribution >= 4 is 23.3 Å². The SMILES string of the molecule is Cc1cc(C)c(C)c(OCCCNC(=O)COC(=O)c2ccc(N)c([N+](=O)[O-])c2)c1. The van der Waals surface area contributed by atoms with Crippen molar-refractivity contribution in [2.24, 2.45) is 0 Å². The zero-order valence-electron chi connectivity index (χ0n) is 17.2. The number of nitrogen functional groups attached to an aromatic ring is 1. The third-order valence-electron chi connectivity index (χ3n) is 4.46. The summed E-state index contributed by atoms with van der Waals surface area (Å²) < 4.78 is 10.7. The summed E-state index contributed by atoms with van der Waals surface area (Å²) in [5, 5.41) is 13.5. The number of benzene rings is 2. The number of nitrogens with two attached hydrogens (primary N) is 1. The monoisotopic (exact) mass is 415 g/mol. The minimum atomic E-state index is -0.845. The van der Waals surface area contributed by atoms with Gasteiger partial charge in [-0.25, -0.2) is 4.79 Å². The van der Waals surface area contributed by atoms with Crippen LogP contribution in [0.15, 0.2) is 30.3 Å². The lowest BCUT2D eigenvalue weighted by molar-refractivity contribution is -0.383. The molecule has 2 rings (SSSR count). The summed E-state index contributed by atoms with van der Waals surface area (Å²) in [6.07, 6.45) is 0.580. The van der Waals surface area contributed by atoms with Crippen LogP contribution in [0.5, 0.6) is 5.75 Å². The number of ether oxygens (including phenoxy) is 2. The highest BCUT2D eigenvalue weighted by Gasteiger charge is 2.17. The van der Waals surface area contributed by atoms with Crippen LogP contribution in [0.4, 0.5) is 11.4 Å². The van der Waals surface area contributed by atoms with E-state index < -0.39 is 29.1 Å². The Hall–Kier alpha value is -3.62. The number of aryl methyl sites for hydroxylation is 2. The van der Waals surface area contributed by atoms with Gasteiger partial charge in [-0.3, -0.25) is 14.9 Å². The van der Waals surface area contributed by atoms with Crippen LogP contribution in [0.1, 0.15) is 33.5 Å². The van der Waals surface area contributed by atoms with Crippen LogP contribution in [0.3, 0.4) is 0 Å². The number of nitro groups is 1. The summed E-state index contributed by atoms with van der Waals surface area (Å²) in [5.41, 5.74) is 8.33. The molecule has 2 aromatic rings. The van der Waals surface area contributed by atoms with Crippen molar-refractivity contribution in [3.8, 4) is 5.75 Å². The number of anilines is 1. The molecule has 30 heavy (non-hydrogen) atoms. The summed E-state index contributed by atoms with van der Waals surface area (Å²) in [7, 11) is 0. The lowest BCUT2D eigenvalue weighted by atomic mass is 10.1. The molecule has 3 N–H and O–H groups in total. The second-order valence-corrected chi connectivity index (χ2v) is 6.86. The van der Waals surface area contributed by atoms with Crippen LogP contribution in [-0.4, -0.2) is 36.6 Å². The fourth-order valence-corrected chi connectivity index (χ4v) is 2.73. The highest BCUT2D eigenvalue weighted by atomic mass is 16.6. The smallest absolute Gasteiger partial charge is 0.338 e. The maximum absolute atomic E-state index is 12.0. The van der Waals surface area contributed by atoms with E-state index in [2.05, 4.69) is 11.4 Å². The Labute approximate surface area is 174 Å². The first-order valence-electron chi connectivity index (χ1n) is 9.37. The molecular formula is C21H25N3O6. The van der Waals surface area contributed by atoms with E-state index in [0.717, 1.165) is 28.5 Å². The van der Waals surface area contributed by atoms with Crippen LogP contribution >= 0.6 is 0 Å². The Morgan fingerprint density at radius 1 is 1.17 bits per heavy atom. The Bertz CT molecular complexity index is 958. The van der Waals surface area contributed by atoms with Gasteiger partial charge in [0.2, 0.25) is 0 Å². The lowest BCUT2D eigenvalue weighted by Gasteiger charge is -2.12. The second-order valence-electron chi connectivity index (χ2n) is 6.86. The average Bonchev–Trinajstić information content (AvgIpc) is 2.69. The van der Waals surface area contributed by atoms with Gasteiger partial charge in [-0.2, -0.15) is 0 Å². The van der Waals surface area contributed by atoms with E-state index in [0.29, 0.717) is 19.6 Å². The molecule has 0 heterocycles. The van der Waals surface area contributed by atoms with E-state index in [-0.39, 0.29) is 11.3 Å². The molecule has 160 valence electrons. The molecule has 2 aromatic carbocycles. The number of hydrogen-bond donors (Lipinski definition) is 2. The molecule has 0 aliphatic rings. The Morgan fingerprint density at radius 3 is 2.60 bits per heavy atom. The predicted molar refractivity (Wildman–Crippen MR) is 112 cm³/mol. The van der Waals surface area contributed by atoms with E-state index in [1.807, 2.05) is 26.8 Å². The maximum Gasteiger partial charge on any atom is 0.338 e. The van der Waals surface area contributed by atoms with Gasteiger partial charge in [-0.1, -0.05) is 6.07 Å². The first-order chi connectivity index (χ1) is 14.2. The number of carbonyl (C=O) groups is 2. The average molecular weight is 415 g/mol. The van der Waals surface area contributed by atoms with E-state index >= 15 is 0 Å². The van der Waals surface area contributed by atoms with Gasteiger partial charge in [0.15, 0.2) is 6.61 Å². The number of nitrogens with one attached hydrogen (secondary N) is 1. The van der Waals surface area contributed by atoms with Gasteiger partial charge in [0, 0.05) is 12.6 Å². The molecule has 0 fully saturated rings. The first kappa shape index (κ1) is 22.7. The van der Waals surface area contributed by atoms with Gasteiger partial charge < -0.3 is 20.5 Å². The van der Waals surface area contributed by atoms with E-state index in [1.165, 1.54) is 12.1 Å². The molecule has 0 atom stereocenters. The summed E-state index contributed by atoms with van der Waals surface area (Å²) >= 11 is 0. The first-order valence-corrected chi connectivity index (χ1v) is 9.37. The minimum Gasteiger partial charge on any atom is -0.493 e. The zero-order valence-corrected chi connectivity index (χ0v) is 17.2. The van der Waals surface area contributed by atoms with Crippen LogP contribution in [0.25, 0.3) is 0 Å². The van der Waals surface area contributed by atoms with E-state index in [1.54, 1.807) is 0 Å². The van der Waals surface area contributed by atoms with Crippen LogP contribution in [0, 0.1) is 30.9 Å². The summed E-state index contributed by atoms with van der Waals surface area (Å²) in [5.74, 6) is -0.497. The Balaban J connectivity index is 1.72. The standard InChI is InChI=1S/C21H25N3O6/c1-13-9-14(2)15(3)19(10-13)29-8-4-7-23-20(25)12-30-21(26)16-5-6-17(22)18(11-16)24(27)28/h5-6,9-11H,4,7-8,12,22H2,1-3H3,(H,23,25). The van der Waals surface area contributed by atoms with Crippen molar-refractivity contribution in [3.05, 3.63) is 62.7 Å². The van der Waals surface area contributed by atoms with Crippen LogP contribution < -0.4 is 15.8 Å². The number of carbonyl (C=O) groups excluding carboxylic acids is 2. The second kappa shape index (κ2) is 10.2. The topological polar surface area (TPSA) is 134 Å². The number of rotatable bonds is 9. The van der Waals surface area contributed by atoms with Gasteiger partial charge in [-0.15, -0.1) is 0 Å². The summed E-state index contributed by atoms with van der Waals surface area (Å²) in [6, 6.07) is 7.62. The quantitative estimate of drug-likeness (QED) is 0.211. The van der Waals surface area contributed by atoms with Crippen LogP contribution in [0.2, 0.25) is 0 Å². The molecule has 9 heteroatoms. The molecule has 0 aliphatic heterocycles. The highest BCUT2D eigenvalue weighted by molar-refractivity contribution is 5.92. The van der Waals surface area contributed by atoms with Gasteiger partial charge >= 0.3 is 5.97 Å². The number of hydrogen-bond acceptors (Lipinski definition) is 7. The predicted octanol–water partition coefficient (Wildman–Crippen LogP) is 2.84. The molecule has 0 spiro atoms. The molecule has 1 amide bonds. The molecule has 0 aromatic heterocycles. The Kier molecular flexibility index (Phi) is 7.74. The van der Waals surface area contributed by atoms with Crippen molar-refractivity contribution < 1.29 is 24.0 Å². The minimum absolute atomic E-state index is 0.0547. The van der Waals surface area contributed by atoms with Crippen molar-refractivity contribution in [3.63, 3.8) is 0 Å². The number of nitrogens with zero attached hydrogens (tertiary/aromatic N) is 1. The molecule has 0 saturated carbocycles. The summed E-state index contributed by atoms with van der Waals surface area (Å²) in [6.45, 7) is 6.32. The van der Waals surface area contributed by atoms with Crippen molar-refractivity contribution in [2.45, 2.75) is 27.2 Å². The lowest BCUT2D eigenvalue weighted by Crippen LogP contribution is -2.30.